The molecule has 0 saturated carbocycles. The Morgan fingerprint density at radius 2 is 2.38 bits per heavy atom. The Balaban J connectivity index is 2.53. The Kier molecular flexibility index (Phi) is 4.70. The number of rotatable bonds is 6. The minimum atomic E-state index is -0.864. The van der Waals surface area contributed by atoms with Crippen LogP contribution in [0.4, 0.5) is 0 Å². The summed E-state index contributed by atoms with van der Waals surface area (Å²) < 4.78 is 5.27. The number of nitrogens with zero attached hydrogens (tertiary/aromatic N) is 1. The first kappa shape index (κ1) is 13.4. The van der Waals surface area contributed by atoms with Gasteiger partial charge in [-0.25, -0.2) is 0 Å². The number of methoxy groups -OCH3 is 1. The predicted molar refractivity (Wildman–Crippen MR) is 61.6 cm³/mol. The quantitative estimate of drug-likeness (QED) is 0.680. The second-order valence-corrected chi connectivity index (χ2v) is 4.55. The van der Waals surface area contributed by atoms with E-state index in [1.807, 2.05) is 6.92 Å². The largest absolute Gasteiger partial charge is 0.480 e. The van der Waals surface area contributed by atoms with Crippen molar-refractivity contribution in [2.75, 3.05) is 33.3 Å². The number of hydrogen-bond donors (Lipinski definition) is 2. The number of likely N-dealkylation sites (N-methyl/N-ethyl adjacent to an activating group) is 1. The normalized spacial score (nSPS) is 25.6. The molecule has 0 aromatic heterocycles. The number of likely N-dealkylation sites (tertiary alicyclic amines) is 1. The van der Waals surface area contributed by atoms with Gasteiger partial charge < -0.3 is 15.2 Å². The monoisotopic (exact) mass is 230 g/mol. The molecule has 2 unspecified atom stereocenters. The third kappa shape index (κ3) is 3.17. The number of carboxylic acid groups (broad SMARTS) is 1. The van der Waals surface area contributed by atoms with Gasteiger partial charge in [0.1, 0.15) is 5.54 Å². The van der Waals surface area contributed by atoms with Crippen molar-refractivity contribution in [3.8, 4) is 0 Å². The van der Waals surface area contributed by atoms with Crippen molar-refractivity contribution in [1.29, 1.82) is 0 Å². The zero-order valence-electron chi connectivity index (χ0n) is 10.3. The summed E-state index contributed by atoms with van der Waals surface area (Å²) in [6, 6.07) is 0. The number of carboxylic acids is 1. The predicted octanol–water partition coefficient (Wildman–Crippen LogP) is 0.160. The van der Waals surface area contributed by atoms with Gasteiger partial charge in [-0.2, -0.15) is 0 Å². The van der Waals surface area contributed by atoms with Gasteiger partial charge in [0.25, 0.3) is 0 Å². The molecule has 2 N–H and O–H groups in total. The van der Waals surface area contributed by atoms with E-state index in [0.717, 1.165) is 19.5 Å². The maximum Gasteiger partial charge on any atom is 0.324 e. The van der Waals surface area contributed by atoms with Crippen molar-refractivity contribution in [2.24, 2.45) is 0 Å². The summed E-state index contributed by atoms with van der Waals surface area (Å²) in [5, 5.41) is 12.3. The van der Waals surface area contributed by atoms with Crippen LogP contribution in [0.25, 0.3) is 0 Å². The van der Waals surface area contributed by atoms with Gasteiger partial charge >= 0.3 is 5.97 Å². The molecule has 1 saturated heterocycles. The van der Waals surface area contributed by atoms with Crippen LogP contribution in [0.15, 0.2) is 0 Å². The summed E-state index contributed by atoms with van der Waals surface area (Å²) in [6.45, 7) is 6.57. The summed E-state index contributed by atoms with van der Waals surface area (Å²) in [4.78, 5) is 13.4. The lowest BCUT2D eigenvalue weighted by atomic mass is 10.0. The summed E-state index contributed by atoms with van der Waals surface area (Å²) in [5.74, 6) is -0.796. The molecule has 0 spiro atoms. The van der Waals surface area contributed by atoms with Gasteiger partial charge in [0.05, 0.1) is 6.10 Å². The van der Waals surface area contributed by atoms with Crippen molar-refractivity contribution >= 4 is 5.97 Å². The molecule has 0 aromatic rings. The van der Waals surface area contributed by atoms with E-state index < -0.39 is 11.5 Å². The molecule has 5 heteroatoms. The van der Waals surface area contributed by atoms with Gasteiger partial charge in [0, 0.05) is 26.7 Å². The maximum absolute atomic E-state index is 11.2. The number of carbonyl (C=O) groups is 1. The lowest BCUT2D eigenvalue weighted by Crippen LogP contribution is -2.56. The molecule has 0 bridgehead atoms. The van der Waals surface area contributed by atoms with Gasteiger partial charge in [-0.05, 0) is 19.9 Å². The fraction of sp³-hybridized carbons (Fsp3) is 0.909. The molecule has 0 aliphatic carbocycles. The molecule has 5 nitrogen and oxygen atoms in total. The minimum Gasteiger partial charge on any atom is -0.480 e. The van der Waals surface area contributed by atoms with Gasteiger partial charge in [-0.15, -0.1) is 0 Å². The Bertz CT molecular complexity index is 247. The van der Waals surface area contributed by atoms with E-state index >= 15 is 0 Å². The van der Waals surface area contributed by atoms with E-state index in [4.69, 9.17) is 4.74 Å². The van der Waals surface area contributed by atoms with Crippen LogP contribution in [0.2, 0.25) is 0 Å². The second-order valence-electron chi connectivity index (χ2n) is 4.55. The molecule has 1 aliphatic heterocycles. The van der Waals surface area contributed by atoms with Gasteiger partial charge in [-0.1, -0.05) is 6.92 Å². The lowest BCUT2D eigenvalue weighted by molar-refractivity contribution is -0.144. The van der Waals surface area contributed by atoms with Crippen LogP contribution in [-0.4, -0.2) is 60.9 Å². The van der Waals surface area contributed by atoms with E-state index in [-0.39, 0.29) is 6.10 Å². The first-order chi connectivity index (χ1) is 7.51. The average molecular weight is 230 g/mol. The fourth-order valence-corrected chi connectivity index (χ4v) is 2.17. The molecule has 1 heterocycles. The highest BCUT2D eigenvalue weighted by Crippen LogP contribution is 2.16. The van der Waals surface area contributed by atoms with Gasteiger partial charge in [0.15, 0.2) is 0 Å². The number of ether oxygens (including phenoxy) is 1. The van der Waals surface area contributed by atoms with Crippen LogP contribution in [0.3, 0.4) is 0 Å². The second kappa shape index (κ2) is 5.61. The van der Waals surface area contributed by atoms with Crippen molar-refractivity contribution in [3.05, 3.63) is 0 Å². The Labute approximate surface area is 96.8 Å². The number of aliphatic carboxylic acids is 1. The summed E-state index contributed by atoms with van der Waals surface area (Å²) in [7, 11) is 1.70. The highest BCUT2D eigenvalue weighted by atomic mass is 16.5. The molecule has 1 rings (SSSR count). The van der Waals surface area contributed by atoms with Crippen molar-refractivity contribution in [3.63, 3.8) is 0 Å². The van der Waals surface area contributed by atoms with E-state index in [2.05, 4.69) is 10.2 Å². The van der Waals surface area contributed by atoms with Gasteiger partial charge in [-0.3, -0.25) is 9.69 Å². The SMILES string of the molecule is CCNC(C)(CN1CCC(OC)C1)C(=O)O. The van der Waals surface area contributed by atoms with Crippen molar-refractivity contribution in [2.45, 2.75) is 31.9 Å². The average Bonchev–Trinajstić information content (AvgIpc) is 2.65. The van der Waals surface area contributed by atoms with Crippen molar-refractivity contribution in [1.82, 2.24) is 10.2 Å². The van der Waals surface area contributed by atoms with E-state index in [0.29, 0.717) is 13.1 Å². The molecule has 0 aromatic carbocycles. The molecule has 0 amide bonds. The molecule has 16 heavy (non-hydrogen) atoms. The third-order valence-corrected chi connectivity index (χ3v) is 3.14. The minimum absolute atomic E-state index is 0.250. The van der Waals surface area contributed by atoms with Gasteiger partial charge in [0.2, 0.25) is 0 Å². The molecule has 2 atom stereocenters. The third-order valence-electron chi connectivity index (χ3n) is 3.14. The molecule has 1 fully saturated rings. The first-order valence-electron chi connectivity index (χ1n) is 5.75. The molecular weight excluding hydrogens is 208 g/mol. The first-order valence-corrected chi connectivity index (χ1v) is 5.75. The van der Waals surface area contributed by atoms with E-state index in [9.17, 15) is 9.90 Å². The Morgan fingerprint density at radius 3 is 2.81 bits per heavy atom. The topological polar surface area (TPSA) is 61.8 Å². The van der Waals surface area contributed by atoms with Crippen LogP contribution < -0.4 is 5.32 Å². The summed E-state index contributed by atoms with van der Waals surface area (Å²) >= 11 is 0. The standard InChI is InChI=1S/C11H22N2O3/c1-4-12-11(2,10(14)15)8-13-6-5-9(7-13)16-3/h9,12H,4-8H2,1-3H3,(H,14,15). The zero-order valence-corrected chi connectivity index (χ0v) is 10.3. The van der Waals surface area contributed by atoms with E-state index in [1.54, 1.807) is 14.0 Å². The number of hydrogen-bond acceptors (Lipinski definition) is 4. The van der Waals surface area contributed by atoms with Crippen LogP contribution in [0, 0.1) is 0 Å². The van der Waals surface area contributed by atoms with Crippen molar-refractivity contribution < 1.29 is 14.6 Å². The number of nitrogens with one attached hydrogen (secondary N) is 1. The maximum atomic E-state index is 11.2. The molecule has 94 valence electrons. The Morgan fingerprint density at radius 1 is 1.69 bits per heavy atom. The lowest BCUT2D eigenvalue weighted by Gasteiger charge is -2.30. The van der Waals surface area contributed by atoms with E-state index in [1.165, 1.54) is 0 Å². The Hall–Kier alpha value is -0.650. The summed E-state index contributed by atoms with van der Waals surface area (Å²) in [6.07, 6.45) is 1.23. The van der Waals surface area contributed by atoms with Crippen LogP contribution in [-0.2, 0) is 9.53 Å². The molecule has 0 radical (unpaired) electrons. The summed E-state index contributed by atoms with van der Waals surface area (Å²) in [5.41, 5.74) is -0.864. The highest BCUT2D eigenvalue weighted by Gasteiger charge is 2.36. The zero-order chi connectivity index (χ0) is 12.2. The van der Waals surface area contributed by atoms with Crippen LogP contribution in [0.5, 0.6) is 0 Å². The molecular formula is C11H22N2O3. The van der Waals surface area contributed by atoms with Crippen LogP contribution >= 0.6 is 0 Å². The van der Waals surface area contributed by atoms with Crippen LogP contribution in [0.1, 0.15) is 20.3 Å². The smallest absolute Gasteiger partial charge is 0.324 e. The highest BCUT2D eigenvalue weighted by molar-refractivity contribution is 5.78. The molecule has 1 aliphatic rings. The fourth-order valence-electron chi connectivity index (χ4n) is 2.17.